The first-order valence-electron chi connectivity index (χ1n) is 11.1. The second-order valence-corrected chi connectivity index (χ2v) is 8.50. The molecule has 0 aliphatic carbocycles. The molecule has 1 saturated heterocycles. The maximum Gasteiger partial charge on any atom is 0.321 e. The van der Waals surface area contributed by atoms with Gasteiger partial charge in [-0.3, -0.25) is 0 Å². The lowest BCUT2D eigenvalue weighted by atomic mass is 9.99. The summed E-state index contributed by atoms with van der Waals surface area (Å²) < 4.78 is 10.7. The normalized spacial score (nSPS) is 15.0. The highest BCUT2D eigenvalue weighted by Crippen LogP contribution is 2.34. The third kappa shape index (κ3) is 4.28. The van der Waals surface area contributed by atoms with Gasteiger partial charge in [-0.1, -0.05) is 6.07 Å². The first kappa shape index (κ1) is 21.1. The number of nitrogens with one attached hydrogen (secondary N) is 1. The van der Waals surface area contributed by atoms with E-state index in [2.05, 4.69) is 53.3 Å². The van der Waals surface area contributed by atoms with Crippen molar-refractivity contribution in [2.75, 3.05) is 43.2 Å². The summed E-state index contributed by atoms with van der Waals surface area (Å²) in [4.78, 5) is 16.7. The monoisotopic (exact) mass is 445 g/mol. The molecule has 2 aromatic carbocycles. The molecule has 0 bridgehead atoms. The van der Waals surface area contributed by atoms with Gasteiger partial charge in [0.05, 0.1) is 5.69 Å². The Balaban J connectivity index is 1.19. The first-order chi connectivity index (χ1) is 16.0. The Morgan fingerprint density at radius 3 is 2.36 bits per heavy atom. The number of carbonyl (C=O) groups excluding carboxylic acids is 1. The Kier molecular flexibility index (Phi) is 5.50. The first-order valence-corrected chi connectivity index (χ1v) is 11.1. The number of piperazine rings is 1. The number of urea groups is 1. The van der Waals surface area contributed by atoms with Crippen molar-refractivity contribution in [1.29, 1.82) is 0 Å². The van der Waals surface area contributed by atoms with E-state index in [1.54, 1.807) is 17.0 Å². The number of aromatic nitrogens is 2. The van der Waals surface area contributed by atoms with Gasteiger partial charge in [-0.25, -0.2) is 4.79 Å². The predicted molar refractivity (Wildman–Crippen MR) is 127 cm³/mol. The smallest absolute Gasteiger partial charge is 0.321 e. The maximum atomic E-state index is 12.7. The summed E-state index contributed by atoms with van der Waals surface area (Å²) in [7, 11) is 0. The second kappa shape index (κ2) is 8.61. The number of nitrogens with zero attached hydrogens (tertiary/aromatic N) is 4. The predicted octanol–water partition coefficient (Wildman–Crippen LogP) is 4.15. The average Bonchev–Trinajstić information content (AvgIpc) is 3.30. The molecule has 0 unspecified atom stereocenters. The van der Waals surface area contributed by atoms with Crippen molar-refractivity contribution < 1.29 is 14.3 Å². The van der Waals surface area contributed by atoms with Crippen molar-refractivity contribution in [3.8, 4) is 22.8 Å². The second-order valence-electron chi connectivity index (χ2n) is 8.50. The minimum Gasteiger partial charge on any atom is -0.454 e. The summed E-state index contributed by atoms with van der Waals surface area (Å²) in [5.74, 6) is 2.17. The van der Waals surface area contributed by atoms with E-state index in [9.17, 15) is 4.79 Å². The summed E-state index contributed by atoms with van der Waals surface area (Å²) in [6.07, 6.45) is 0. The highest BCUT2D eigenvalue weighted by Gasteiger charge is 2.23. The number of rotatable bonds is 3. The third-order valence-electron chi connectivity index (χ3n) is 6.28. The molecule has 2 amide bonds. The molecule has 3 aromatic rings. The molecule has 2 aliphatic rings. The van der Waals surface area contributed by atoms with Crippen LogP contribution in [0.1, 0.15) is 16.7 Å². The Morgan fingerprint density at radius 1 is 0.848 bits per heavy atom. The van der Waals surface area contributed by atoms with Crippen LogP contribution in [-0.2, 0) is 0 Å². The van der Waals surface area contributed by atoms with Gasteiger partial charge in [0.2, 0.25) is 6.79 Å². The molecule has 1 N–H and O–H groups in total. The number of amides is 2. The van der Waals surface area contributed by atoms with Crippen LogP contribution in [0.2, 0.25) is 0 Å². The zero-order chi connectivity index (χ0) is 22.9. The molecule has 33 heavy (non-hydrogen) atoms. The fraction of sp³-hybridized carbons (Fsp3) is 0.320. The van der Waals surface area contributed by atoms with E-state index < -0.39 is 0 Å². The standard InChI is InChI=1S/C25H27N5O3/c1-16-12-18(3)20(13-17(16)2)21-5-7-24(28-27-21)29-8-10-30(11-9-29)25(31)26-19-4-6-22-23(14-19)33-15-32-22/h4-7,12-14H,8-11,15H2,1-3H3,(H,26,31). The summed E-state index contributed by atoms with van der Waals surface area (Å²) >= 11 is 0. The van der Waals surface area contributed by atoms with Crippen LogP contribution in [0.15, 0.2) is 42.5 Å². The van der Waals surface area contributed by atoms with Gasteiger partial charge in [-0.2, -0.15) is 0 Å². The van der Waals surface area contributed by atoms with Crippen LogP contribution < -0.4 is 19.7 Å². The molecule has 0 atom stereocenters. The van der Waals surface area contributed by atoms with Crippen molar-refractivity contribution in [1.82, 2.24) is 15.1 Å². The van der Waals surface area contributed by atoms with Crippen LogP contribution >= 0.6 is 0 Å². The quantitative estimate of drug-likeness (QED) is 0.652. The van der Waals surface area contributed by atoms with E-state index in [0.29, 0.717) is 43.4 Å². The van der Waals surface area contributed by atoms with E-state index >= 15 is 0 Å². The van der Waals surface area contributed by atoms with Gasteiger partial charge in [0.25, 0.3) is 0 Å². The van der Waals surface area contributed by atoms with Gasteiger partial charge in [-0.05, 0) is 67.8 Å². The number of fused-ring (bicyclic) bond motifs is 1. The number of aryl methyl sites for hydroxylation is 3. The fourth-order valence-corrected chi connectivity index (χ4v) is 4.19. The Morgan fingerprint density at radius 2 is 1.61 bits per heavy atom. The molecule has 0 saturated carbocycles. The number of ether oxygens (including phenoxy) is 2. The van der Waals surface area contributed by atoms with E-state index in [1.165, 1.54) is 16.7 Å². The molecule has 0 spiro atoms. The molecular weight excluding hydrogens is 418 g/mol. The lowest BCUT2D eigenvalue weighted by molar-refractivity contribution is 0.174. The van der Waals surface area contributed by atoms with Crippen LogP contribution in [0.5, 0.6) is 11.5 Å². The van der Waals surface area contributed by atoms with E-state index in [1.807, 2.05) is 18.2 Å². The van der Waals surface area contributed by atoms with Crippen molar-refractivity contribution >= 4 is 17.5 Å². The molecule has 1 aromatic heterocycles. The van der Waals surface area contributed by atoms with Crippen molar-refractivity contribution in [2.24, 2.45) is 0 Å². The van der Waals surface area contributed by atoms with Gasteiger partial charge in [0, 0.05) is 43.5 Å². The molecule has 8 nitrogen and oxygen atoms in total. The largest absolute Gasteiger partial charge is 0.454 e. The van der Waals surface area contributed by atoms with Crippen LogP contribution in [0.3, 0.4) is 0 Å². The van der Waals surface area contributed by atoms with E-state index in [-0.39, 0.29) is 12.8 Å². The highest BCUT2D eigenvalue weighted by molar-refractivity contribution is 5.90. The van der Waals surface area contributed by atoms with Gasteiger partial charge in [0.1, 0.15) is 0 Å². The van der Waals surface area contributed by atoms with Gasteiger partial charge >= 0.3 is 6.03 Å². The van der Waals surface area contributed by atoms with Gasteiger partial charge < -0.3 is 24.6 Å². The van der Waals surface area contributed by atoms with Crippen molar-refractivity contribution in [3.63, 3.8) is 0 Å². The summed E-state index contributed by atoms with van der Waals surface area (Å²) in [5.41, 5.74) is 6.40. The van der Waals surface area contributed by atoms with Gasteiger partial charge in [-0.15, -0.1) is 10.2 Å². The lowest BCUT2D eigenvalue weighted by Crippen LogP contribution is -2.50. The molecular formula is C25H27N5O3. The molecule has 0 radical (unpaired) electrons. The minimum absolute atomic E-state index is 0.125. The van der Waals surface area contributed by atoms with Crippen molar-refractivity contribution in [2.45, 2.75) is 20.8 Å². The van der Waals surface area contributed by atoms with Gasteiger partial charge in [0.15, 0.2) is 17.3 Å². The summed E-state index contributed by atoms with van der Waals surface area (Å²) in [5, 5.41) is 11.9. The molecule has 1 fully saturated rings. The zero-order valence-corrected chi connectivity index (χ0v) is 19.1. The average molecular weight is 446 g/mol. The number of hydrogen-bond acceptors (Lipinski definition) is 6. The van der Waals surface area contributed by atoms with E-state index in [4.69, 9.17) is 9.47 Å². The fourth-order valence-electron chi connectivity index (χ4n) is 4.19. The van der Waals surface area contributed by atoms with Crippen molar-refractivity contribution in [3.05, 3.63) is 59.2 Å². The Labute approximate surface area is 193 Å². The summed E-state index contributed by atoms with van der Waals surface area (Å²) in [6, 6.07) is 13.7. The number of anilines is 2. The lowest BCUT2D eigenvalue weighted by Gasteiger charge is -2.35. The topological polar surface area (TPSA) is 79.8 Å². The van der Waals surface area contributed by atoms with Crippen LogP contribution in [0.4, 0.5) is 16.3 Å². The molecule has 3 heterocycles. The molecule has 2 aliphatic heterocycles. The SMILES string of the molecule is Cc1cc(C)c(-c2ccc(N3CCN(C(=O)Nc4ccc5c(c4)OCO5)CC3)nn2)cc1C. The Hall–Kier alpha value is -3.81. The Bertz CT molecular complexity index is 1190. The zero-order valence-electron chi connectivity index (χ0n) is 19.1. The number of benzene rings is 2. The third-order valence-corrected chi connectivity index (χ3v) is 6.28. The molecule has 8 heteroatoms. The molecule has 5 rings (SSSR count). The summed E-state index contributed by atoms with van der Waals surface area (Å²) in [6.45, 7) is 9.16. The maximum absolute atomic E-state index is 12.7. The minimum atomic E-state index is -0.125. The molecule has 170 valence electrons. The number of hydrogen-bond donors (Lipinski definition) is 1. The van der Waals surface area contributed by atoms with Crippen LogP contribution in [0.25, 0.3) is 11.3 Å². The van der Waals surface area contributed by atoms with Crippen LogP contribution in [0, 0.1) is 20.8 Å². The number of carbonyl (C=O) groups is 1. The van der Waals surface area contributed by atoms with Crippen LogP contribution in [-0.4, -0.2) is 54.1 Å². The highest BCUT2D eigenvalue weighted by atomic mass is 16.7. The van der Waals surface area contributed by atoms with E-state index in [0.717, 1.165) is 17.1 Å².